The molecule has 5 nitrogen and oxygen atoms in total. The maximum Gasteiger partial charge on any atom is 0.505 e. The van der Waals surface area contributed by atoms with Gasteiger partial charge in [-0.15, -0.1) is 0 Å². The highest BCUT2D eigenvalue weighted by Crippen LogP contribution is 2.14. The van der Waals surface area contributed by atoms with Crippen molar-refractivity contribution in [2.24, 2.45) is 0 Å². The van der Waals surface area contributed by atoms with E-state index in [0.717, 1.165) is 0 Å². The molecule has 1 amide bonds. The Morgan fingerprint density at radius 2 is 1.94 bits per heavy atom. The Morgan fingerprint density at radius 1 is 1.31 bits per heavy atom. The van der Waals surface area contributed by atoms with E-state index in [0.29, 0.717) is 17.0 Å². The molecule has 0 heterocycles. The zero-order valence-corrected chi connectivity index (χ0v) is 9.51. The molecule has 6 heteroatoms. The molecule has 1 aromatic rings. The Hall–Kier alpha value is -1.29. The second kappa shape index (κ2) is 6.33. The maximum absolute atomic E-state index is 11.6. The summed E-state index contributed by atoms with van der Waals surface area (Å²) in [5.41, 5.74) is 0.387. The van der Waals surface area contributed by atoms with Gasteiger partial charge in [-0.25, -0.2) is 5.06 Å². The van der Waals surface area contributed by atoms with Crippen LogP contribution in [-0.2, 0) is 4.57 Å². The van der Waals surface area contributed by atoms with Gasteiger partial charge in [0.1, 0.15) is 0 Å². The third-order valence-corrected chi connectivity index (χ3v) is 2.67. The van der Waals surface area contributed by atoms with E-state index in [2.05, 4.69) is 0 Å². The van der Waals surface area contributed by atoms with Crippen molar-refractivity contribution < 1.29 is 19.5 Å². The summed E-state index contributed by atoms with van der Waals surface area (Å²) in [4.78, 5) is 20.1. The maximum atomic E-state index is 11.6. The number of benzene rings is 1. The van der Waals surface area contributed by atoms with Gasteiger partial charge in [-0.3, -0.25) is 10.0 Å². The zero-order valence-electron chi connectivity index (χ0n) is 8.61. The number of hydroxylamine groups is 2. The SMILES string of the molecule is O=C(c1ccccc1)N(O)CCC[P+](=O)O. The van der Waals surface area contributed by atoms with E-state index in [4.69, 9.17) is 4.89 Å². The molecule has 0 aliphatic carbocycles. The highest BCUT2D eigenvalue weighted by molar-refractivity contribution is 7.37. The Kier molecular flexibility index (Phi) is 5.05. The molecule has 1 aromatic carbocycles. The number of nitrogens with zero attached hydrogens (tertiary/aromatic N) is 1. The van der Waals surface area contributed by atoms with Crippen LogP contribution in [0.1, 0.15) is 16.8 Å². The molecular formula is C10H13NO4P+. The fraction of sp³-hybridized carbons (Fsp3) is 0.300. The summed E-state index contributed by atoms with van der Waals surface area (Å²) in [5.74, 6) is -0.506. The summed E-state index contributed by atoms with van der Waals surface area (Å²) in [6, 6.07) is 8.36. The van der Waals surface area contributed by atoms with Gasteiger partial charge in [-0.1, -0.05) is 18.2 Å². The van der Waals surface area contributed by atoms with Crippen molar-refractivity contribution >= 4 is 13.9 Å². The van der Waals surface area contributed by atoms with Crippen molar-refractivity contribution in [2.75, 3.05) is 12.7 Å². The van der Waals surface area contributed by atoms with Crippen LogP contribution in [0.3, 0.4) is 0 Å². The molecule has 0 saturated carbocycles. The minimum atomic E-state index is -2.20. The Balaban J connectivity index is 2.45. The van der Waals surface area contributed by atoms with Crippen LogP contribution < -0.4 is 0 Å². The van der Waals surface area contributed by atoms with E-state index in [1.165, 1.54) is 0 Å². The fourth-order valence-corrected chi connectivity index (χ4v) is 1.60. The minimum Gasteiger partial charge on any atom is -0.286 e. The van der Waals surface area contributed by atoms with Gasteiger partial charge in [-0.05, 0) is 16.7 Å². The third kappa shape index (κ3) is 4.06. The van der Waals surface area contributed by atoms with Crippen LogP contribution in [0.4, 0.5) is 0 Å². The molecule has 0 aromatic heterocycles. The Morgan fingerprint density at radius 3 is 2.50 bits per heavy atom. The Labute approximate surface area is 94.1 Å². The summed E-state index contributed by atoms with van der Waals surface area (Å²) in [6.45, 7) is 0.0510. The lowest BCUT2D eigenvalue weighted by Crippen LogP contribution is -2.28. The normalized spacial score (nSPS) is 11.0. The number of carbonyl (C=O) groups is 1. The average Bonchev–Trinajstić information content (AvgIpc) is 2.28. The largest absolute Gasteiger partial charge is 0.505 e. The van der Waals surface area contributed by atoms with Gasteiger partial charge in [0.2, 0.25) is 0 Å². The molecule has 0 aliphatic rings. The molecule has 1 atom stereocenters. The molecule has 1 unspecified atom stereocenters. The van der Waals surface area contributed by atoms with Crippen LogP contribution in [0, 0.1) is 0 Å². The van der Waals surface area contributed by atoms with Gasteiger partial charge in [0.05, 0.1) is 6.54 Å². The van der Waals surface area contributed by atoms with Gasteiger partial charge >= 0.3 is 8.03 Å². The molecule has 0 fully saturated rings. The average molecular weight is 242 g/mol. The number of rotatable bonds is 5. The summed E-state index contributed by atoms with van der Waals surface area (Å²) < 4.78 is 10.4. The van der Waals surface area contributed by atoms with Crippen LogP contribution in [0.25, 0.3) is 0 Å². The van der Waals surface area contributed by atoms with Crippen molar-refractivity contribution in [3.05, 3.63) is 35.9 Å². The number of hydrogen-bond acceptors (Lipinski definition) is 3. The summed E-state index contributed by atoms with van der Waals surface area (Å²) in [7, 11) is -2.20. The quantitative estimate of drug-likeness (QED) is 0.467. The topological polar surface area (TPSA) is 77.8 Å². The van der Waals surface area contributed by atoms with E-state index in [-0.39, 0.29) is 12.7 Å². The summed E-state index contributed by atoms with van der Waals surface area (Å²) in [6.07, 6.45) is 0.370. The first-order chi connectivity index (χ1) is 7.61. The van der Waals surface area contributed by atoms with Crippen molar-refractivity contribution in [1.29, 1.82) is 0 Å². The number of carbonyl (C=O) groups excluding carboxylic acids is 1. The summed E-state index contributed by atoms with van der Waals surface area (Å²) >= 11 is 0. The van der Waals surface area contributed by atoms with E-state index in [9.17, 15) is 14.6 Å². The molecule has 0 bridgehead atoms. The number of hydrogen-bond donors (Lipinski definition) is 2. The number of amides is 1. The molecule has 2 N–H and O–H groups in total. The van der Waals surface area contributed by atoms with Crippen LogP contribution >= 0.6 is 8.03 Å². The standard InChI is InChI=1S/C10H12NO4P/c12-10(9-5-2-1-3-6-9)11(13)7-4-8-16(14)15/h1-3,5-6,13H,4,7-8H2/p+1. The van der Waals surface area contributed by atoms with Crippen molar-refractivity contribution in [1.82, 2.24) is 5.06 Å². The molecule has 0 radical (unpaired) electrons. The molecule has 0 spiro atoms. The van der Waals surface area contributed by atoms with Crippen LogP contribution in [0.15, 0.2) is 30.3 Å². The monoisotopic (exact) mass is 242 g/mol. The predicted molar refractivity (Wildman–Crippen MR) is 58.6 cm³/mol. The van der Waals surface area contributed by atoms with Crippen LogP contribution in [-0.4, -0.2) is 33.8 Å². The molecule has 1 rings (SSSR count). The molecule has 86 valence electrons. The van der Waals surface area contributed by atoms with Crippen molar-refractivity contribution in [3.8, 4) is 0 Å². The van der Waals surface area contributed by atoms with E-state index < -0.39 is 13.9 Å². The lowest BCUT2D eigenvalue weighted by atomic mass is 10.2. The molecule has 0 saturated heterocycles. The van der Waals surface area contributed by atoms with Crippen LogP contribution in [0.5, 0.6) is 0 Å². The van der Waals surface area contributed by atoms with Gasteiger partial charge in [0, 0.05) is 12.0 Å². The fourth-order valence-electron chi connectivity index (χ4n) is 1.19. The molecule has 16 heavy (non-hydrogen) atoms. The zero-order chi connectivity index (χ0) is 12.0. The Bertz CT molecular complexity index is 368. The molecular weight excluding hydrogens is 229 g/mol. The van der Waals surface area contributed by atoms with E-state index in [1.54, 1.807) is 30.3 Å². The first-order valence-corrected chi connectivity index (χ1v) is 6.20. The van der Waals surface area contributed by atoms with E-state index >= 15 is 0 Å². The van der Waals surface area contributed by atoms with Gasteiger partial charge in [0.25, 0.3) is 5.91 Å². The molecule has 0 aliphatic heterocycles. The van der Waals surface area contributed by atoms with E-state index in [1.807, 2.05) is 0 Å². The highest BCUT2D eigenvalue weighted by Gasteiger charge is 2.15. The van der Waals surface area contributed by atoms with Crippen LogP contribution in [0.2, 0.25) is 0 Å². The summed E-state index contributed by atoms with van der Waals surface area (Å²) in [5, 5.41) is 9.96. The van der Waals surface area contributed by atoms with Gasteiger partial charge < -0.3 is 0 Å². The minimum absolute atomic E-state index is 0.0510. The van der Waals surface area contributed by atoms with Crippen molar-refractivity contribution in [3.63, 3.8) is 0 Å². The lowest BCUT2D eigenvalue weighted by Gasteiger charge is -2.13. The predicted octanol–water partition coefficient (Wildman–Crippen LogP) is 1.64. The van der Waals surface area contributed by atoms with Gasteiger partial charge in [0.15, 0.2) is 6.16 Å². The van der Waals surface area contributed by atoms with Crippen molar-refractivity contribution in [2.45, 2.75) is 6.42 Å². The first-order valence-electron chi connectivity index (χ1n) is 4.80. The second-order valence-electron chi connectivity index (χ2n) is 3.22. The highest BCUT2D eigenvalue weighted by atomic mass is 31.1. The first kappa shape index (κ1) is 12.8. The van der Waals surface area contributed by atoms with Gasteiger partial charge in [-0.2, -0.15) is 4.89 Å². The third-order valence-electron chi connectivity index (χ3n) is 1.97. The lowest BCUT2D eigenvalue weighted by molar-refractivity contribution is -0.0577. The second-order valence-corrected chi connectivity index (χ2v) is 4.38. The smallest absolute Gasteiger partial charge is 0.286 e.